The number of benzene rings is 1. The Bertz CT molecular complexity index is 917. The fourth-order valence-electron chi connectivity index (χ4n) is 2.67. The van der Waals surface area contributed by atoms with Gasteiger partial charge < -0.3 is 9.15 Å². The molecule has 0 radical (unpaired) electrons. The normalized spacial score (nSPS) is 11.0. The summed E-state index contributed by atoms with van der Waals surface area (Å²) in [6, 6.07) is 7.66. The van der Waals surface area contributed by atoms with Gasteiger partial charge in [-0.25, -0.2) is 0 Å². The molecule has 0 saturated heterocycles. The molecule has 0 aliphatic heterocycles. The molecule has 0 bridgehead atoms. The minimum atomic E-state index is -0.434. The number of esters is 1. The van der Waals surface area contributed by atoms with Crippen molar-refractivity contribution in [3.8, 4) is 0 Å². The SMILES string of the molecule is Cc1ccc2c(CC(=O)OCC(=O)c3cc(C)sc3C)coc2c1. The molecule has 3 rings (SSSR count). The Kier molecular flexibility index (Phi) is 4.53. The maximum atomic E-state index is 12.1. The first kappa shape index (κ1) is 16.5. The molecule has 4 nitrogen and oxygen atoms in total. The third-order valence-corrected chi connectivity index (χ3v) is 4.82. The minimum absolute atomic E-state index is 0.0883. The number of ketones is 1. The number of fused-ring (bicyclic) bond motifs is 1. The quantitative estimate of drug-likeness (QED) is 0.510. The van der Waals surface area contributed by atoms with E-state index in [0.717, 1.165) is 31.9 Å². The number of rotatable bonds is 5. The lowest BCUT2D eigenvalue weighted by Gasteiger charge is -2.03. The van der Waals surface area contributed by atoms with E-state index in [1.54, 1.807) is 17.6 Å². The van der Waals surface area contributed by atoms with Crippen LogP contribution >= 0.6 is 11.3 Å². The number of thiophene rings is 1. The fraction of sp³-hybridized carbons (Fsp3) is 0.263. The van der Waals surface area contributed by atoms with Crippen molar-refractivity contribution in [2.45, 2.75) is 27.2 Å². The van der Waals surface area contributed by atoms with Crippen molar-refractivity contribution in [2.75, 3.05) is 6.61 Å². The van der Waals surface area contributed by atoms with Crippen LogP contribution in [0.25, 0.3) is 11.0 Å². The van der Waals surface area contributed by atoms with E-state index >= 15 is 0 Å². The summed E-state index contributed by atoms with van der Waals surface area (Å²) in [6.45, 7) is 5.60. The van der Waals surface area contributed by atoms with Crippen LogP contribution in [-0.4, -0.2) is 18.4 Å². The highest BCUT2D eigenvalue weighted by Crippen LogP contribution is 2.23. The summed E-state index contributed by atoms with van der Waals surface area (Å²) in [5.41, 5.74) is 3.25. The zero-order valence-electron chi connectivity index (χ0n) is 13.8. The monoisotopic (exact) mass is 342 g/mol. The molecule has 0 saturated carbocycles. The predicted molar refractivity (Wildman–Crippen MR) is 93.7 cm³/mol. The first-order chi connectivity index (χ1) is 11.4. The van der Waals surface area contributed by atoms with Crippen molar-refractivity contribution >= 4 is 34.1 Å². The van der Waals surface area contributed by atoms with Crippen molar-refractivity contribution in [1.29, 1.82) is 0 Å². The minimum Gasteiger partial charge on any atom is -0.464 e. The highest BCUT2D eigenvalue weighted by Gasteiger charge is 2.16. The lowest BCUT2D eigenvalue weighted by molar-refractivity contribution is -0.141. The summed E-state index contributed by atoms with van der Waals surface area (Å²) >= 11 is 1.56. The maximum absolute atomic E-state index is 12.1. The van der Waals surface area contributed by atoms with Gasteiger partial charge in [0.05, 0.1) is 12.7 Å². The van der Waals surface area contributed by atoms with Crippen molar-refractivity contribution in [1.82, 2.24) is 0 Å². The zero-order chi connectivity index (χ0) is 17.3. The molecule has 124 valence electrons. The smallest absolute Gasteiger partial charge is 0.310 e. The van der Waals surface area contributed by atoms with Crippen LogP contribution in [-0.2, 0) is 16.0 Å². The largest absolute Gasteiger partial charge is 0.464 e. The molecule has 0 aliphatic rings. The van der Waals surface area contributed by atoms with E-state index in [0.29, 0.717) is 5.56 Å². The molecule has 2 aromatic heterocycles. The molecule has 0 aliphatic carbocycles. The topological polar surface area (TPSA) is 56.5 Å². The van der Waals surface area contributed by atoms with E-state index in [2.05, 4.69) is 0 Å². The van der Waals surface area contributed by atoms with E-state index in [4.69, 9.17) is 9.15 Å². The Hall–Kier alpha value is -2.40. The first-order valence-electron chi connectivity index (χ1n) is 7.66. The van der Waals surface area contributed by atoms with Gasteiger partial charge in [-0.3, -0.25) is 9.59 Å². The summed E-state index contributed by atoms with van der Waals surface area (Å²) in [7, 11) is 0. The number of hydrogen-bond donors (Lipinski definition) is 0. The highest BCUT2D eigenvalue weighted by atomic mass is 32.1. The van der Waals surface area contributed by atoms with Crippen molar-refractivity contribution < 1.29 is 18.7 Å². The molecule has 2 heterocycles. The van der Waals surface area contributed by atoms with Gasteiger partial charge in [0.25, 0.3) is 0 Å². The van der Waals surface area contributed by atoms with Crippen molar-refractivity contribution in [2.24, 2.45) is 0 Å². The van der Waals surface area contributed by atoms with Crippen molar-refractivity contribution in [3.05, 3.63) is 57.0 Å². The van der Waals surface area contributed by atoms with Gasteiger partial charge >= 0.3 is 5.97 Å². The lowest BCUT2D eigenvalue weighted by Crippen LogP contribution is -2.15. The van der Waals surface area contributed by atoms with Gasteiger partial charge in [0.1, 0.15) is 5.58 Å². The van der Waals surface area contributed by atoms with Crippen molar-refractivity contribution in [3.63, 3.8) is 0 Å². The van der Waals surface area contributed by atoms with Crippen LogP contribution in [0.5, 0.6) is 0 Å². The molecule has 0 fully saturated rings. The number of Topliss-reactive ketones (excluding diaryl/α,β-unsaturated/α-hetero) is 1. The lowest BCUT2D eigenvalue weighted by atomic mass is 10.1. The van der Waals surface area contributed by atoms with Gasteiger partial charge in [-0.15, -0.1) is 11.3 Å². The molecule has 0 amide bonds. The number of ether oxygens (including phenoxy) is 1. The number of hydrogen-bond acceptors (Lipinski definition) is 5. The van der Waals surface area contributed by atoms with Crippen LogP contribution in [0.1, 0.15) is 31.2 Å². The third kappa shape index (κ3) is 3.41. The number of carbonyl (C=O) groups is 2. The predicted octanol–water partition coefficient (Wildman–Crippen LogP) is 4.39. The molecule has 1 aromatic carbocycles. The Morgan fingerprint density at radius 1 is 1.17 bits per heavy atom. The molecular weight excluding hydrogens is 324 g/mol. The molecule has 3 aromatic rings. The standard InChI is InChI=1S/C19H18O4S/c1-11-4-5-15-14(9-22-18(15)6-11)8-19(21)23-10-17(20)16-7-12(2)24-13(16)3/h4-7,9H,8,10H2,1-3H3. The van der Waals surface area contributed by atoms with Crippen LogP contribution in [0, 0.1) is 20.8 Å². The Balaban J connectivity index is 1.63. The third-order valence-electron chi connectivity index (χ3n) is 3.85. The first-order valence-corrected chi connectivity index (χ1v) is 8.48. The number of furan rings is 1. The summed E-state index contributed by atoms with van der Waals surface area (Å²) in [5.74, 6) is -0.603. The second-order valence-corrected chi connectivity index (χ2v) is 7.31. The van der Waals surface area contributed by atoms with Gasteiger partial charge in [0.15, 0.2) is 6.61 Å². The van der Waals surface area contributed by atoms with E-state index < -0.39 is 5.97 Å². The van der Waals surface area contributed by atoms with E-state index in [-0.39, 0.29) is 18.8 Å². The molecule has 0 spiro atoms. The Labute approximate surface area is 144 Å². The molecule has 0 atom stereocenters. The molecular formula is C19H18O4S. The number of aryl methyl sites for hydroxylation is 3. The second kappa shape index (κ2) is 6.61. The van der Waals surface area contributed by atoms with Crippen LogP contribution in [0.4, 0.5) is 0 Å². The summed E-state index contributed by atoms with van der Waals surface area (Å²) in [5, 5.41) is 0.896. The van der Waals surface area contributed by atoms with E-state index in [9.17, 15) is 9.59 Å². The van der Waals surface area contributed by atoms with Gasteiger partial charge in [0.2, 0.25) is 5.78 Å². The molecule has 24 heavy (non-hydrogen) atoms. The Morgan fingerprint density at radius 2 is 1.96 bits per heavy atom. The second-order valence-electron chi connectivity index (χ2n) is 5.85. The van der Waals surface area contributed by atoms with E-state index in [1.807, 2.05) is 45.0 Å². The van der Waals surface area contributed by atoms with Gasteiger partial charge in [-0.2, -0.15) is 0 Å². The van der Waals surface area contributed by atoms with Gasteiger partial charge in [0, 0.05) is 26.3 Å². The average Bonchev–Trinajstić information content (AvgIpc) is 3.07. The van der Waals surface area contributed by atoms with Gasteiger partial charge in [-0.05, 0) is 38.5 Å². The zero-order valence-corrected chi connectivity index (χ0v) is 14.7. The Morgan fingerprint density at radius 3 is 2.67 bits per heavy atom. The number of carbonyl (C=O) groups excluding carboxylic acids is 2. The fourth-order valence-corrected chi connectivity index (χ4v) is 3.61. The van der Waals surface area contributed by atoms with Crippen LogP contribution in [0.15, 0.2) is 34.9 Å². The summed E-state index contributed by atoms with van der Waals surface area (Å²) < 4.78 is 10.6. The molecule has 0 N–H and O–H groups in total. The van der Waals surface area contributed by atoms with Crippen LogP contribution in [0.3, 0.4) is 0 Å². The highest BCUT2D eigenvalue weighted by molar-refractivity contribution is 7.12. The van der Waals surface area contributed by atoms with Crippen LogP contribution in [0.2, 0.25) is 0 Å². The van der Waals surface area contributed by atoms with Crippen LogP contribution < -0.4 is 0 Å². The molecule has 0 unspecified atom stereocenters. The molecule has 5 heteroatoms. The maximum Gasteiger partial charge on any atom is 0.310 e. The summed E-state index contributed by atoms with van der Waals surface area (Å²) in [6.07, 6.45) is 1.66. The van der Waals surface area contributed by atoms with E-state index in [1.165, 1.54) is 0 Å². The van der Waals surface area contributed by atoms with Gasteiger partial charge in [-0.1, -0.05) is 12.1 Å². The summed E-state index contributed by atoms with van der Waals surface area (Å²) in [4.78, 5) is 26.2. The average molecular weight is 342 g/mol.